The molecule has 1 aliphatic rings. The van der Waals surface area contributed by atoms with Crippen LogP contribution in [0.5, 0.6) is 0 Å². The van der Waals surface area contributed by atoms with E-state index in [1.165, 1.54) is 5.69 Å². The molecular formula is C15H23N3OS. The molecule has 1 aliphatic heterocycles. The van der Waals surface area contributed by atoms with Crippen molar-refractivity contribution >= 4 is 23.4 Å². The molecule has 1 fully saturated rings. The van der Waals surface area contributed by atoms with Crippen molar-refractivity contribution in [3.63, 3.8) is 0 Å². The van der Waals surface area contributed by atoms with Crippen molar-refractivity contribution in [2.24, 2.45) is 5.73 Å². The number of piperazine rings is 1. The van der Waals surface area contributed by atoms with Crippen LogP contribution in [0.15, 0.2) is 30.3 Å². The predicted molar refractivity (Wildman–Crippen MR) is 86.2 cm³/mol. The summed E-state index contributed by atoms with van der Waals surface area (Å²) in [6, 6.07) is 10.00. The molecule has 0 aromatic heterocycles. The zero-order valence-electron chi connectivity index (χ0n) is 12.0. The van der Waals surface area contributed by atoms with Crippen LogP contribution in [0.1, 0.15) is 6.42 Å². The highest BCUT2D eigenvalue weighted by atomic mass is 32.2. The third-order valence-corrected chi connectivity index (χ3v) is 4.31. The maximum absolute atomic E-state index is 12.2. The van der Waals surface area contributed by atoms with Crippen LogP contribution in [0.2, 0.25) is 0 Å². The van der Waals surface area contributed by atoms with Gasteiger partial charge in [0.25, 0.3) is 0 Å². The van der Waals surface area contributed by atoms with Crippen molar-refractivity contribution in [1.82, 2.24) is 4.90 Å². The van der Waals surface area contributed by atoms with E-state index in [-0.39, 0.29) is 11.9 Å². The van der Waals surface area contributed by atoms with E-state index in [4.69, 9.17) is 5.73 Å². The third kappa shape index (κ3) is 3.90. The third-order valence-electron chi connectivity index (χ3n) is 3.66. The summed E-state index contributed by atoms with van der Waals surface area (Å²) in [5, 5.41) is 0. The lowest BCUT2D eigenvalue weighted by atomic mass is 10.2. The minimum absolute atomic E-state index is 0.103. The summed E-state index contributed by atoms with van der Waals surface area (Å²) in [7, 11) is 0. The van der Waals surface area contributed by atoms with Gasteiger partial charge in [-0.15, -0.1) is 0 Å². The molecule has 2 N–H and O–H groups in total. The van der Waals surface area contributed by atoms with E-state index in [0.29, 0.717) is 0 Å². The van der Waals surface area contributed by atoms with Gasteiger partial charge in [-0.1, -0.05) is 18.2 Å². The first-order chi connectivity index (χ1) is 9.72. The molecule has 0 spiro atoms. The smallest absolute Gasteiger partial charge is 0.239 e. The fourth-order valence-electron chi connectivity index (χ4n) is 2.43. The highest BCUT2D eigenvalue weighted by Gasteiger charge is 2.24. The Morgan fingerprint density at radius 3 is 2.50 bits per heavy atom. The summed E-state index contributed by atoms with van der Waals surface area (Å²) in [4.78, 5) is 16.4. The molecule has 1 atom stereocenters. The summed E-state index contributed by atoms with van der Waals surface area (Å²) in [6.45, 7) is 3.29. The minimum atomic E-state index is -0.342. The van der Waals surface area contributed by atoms with Crippen molar-refractivity contribution < 1.29 is 4.79 Å². The molecule has 1 aromatic rings. The molecule has 1 amide bonds. The number of benzene rings is 1. The molecule has 0 unspecified atom stereocenters. The van der Waals surface area contributed by atoms with Gasteiger partial charge in [-0.2, -0.15) is 11.8 Å². The topological polar surface area (TPSA) is 49.6 Å². The highest BCUT2D eigenvalue weighted by molar-refractivity contribution is 7.98. The number of nitrogens with two attached hydrogens (primary N) is 1. The Morgan fingerprint density at radius 2 is 1.90 bits per heavy atom. The van der Waals surface area contributed by atoms with Gasteiger partial charge in [0.15, 0.2) is 0 Å². The Labute approximate surface area is 125 Å². The first-order valence-electron chi connectivity index (χ1n) is 7.05. The quantitative estimate of drug-likeness (QED) is 0.892. The van der Waals surface area contributed by atoms with Crippen LogP contribution < -0.4 is 10.6 Å². The van der Waals surface area contributed by atoms with Crippen molar-refractivity contribution in [2.45, 2.75) is 12.5 Å². The lowest BCUT2D eigenvalue weighted by Gasteiger charge is -2.37. The first kappa shape index (κ1) is 15.2. The molecule has 2 rings (SSSR count). The second kappa shape index (κ2) is 7.55. The van der Waals surface area contributed by atoms with Gasteiger partial charge in [0, 0.05) is 31.9 Å². The number of hydrogen-bond acceptors (Lipinski definition) is 4. The van der Waals surface area contributed by atoms with E-state index >= 15 is 0 Å². The molecule has 0 radical (unpaired) electrons. The van der Waals surface area contributed by atoms with Gasteiger partial charge >= 0.3 is 0 Å². The molecular weight excluding hydrogens is 270 g/mol. The fraction of sp³-hybridized carbons (Fsp3) is 0.533. The molecule has 0 bridgehead atoms. The molecule has 1 saturated heterocycles. The average Bonchev–Trinajstić information content (AvgIpc) is 2.53. The van der Waals surface area contributed by atoms with E-state index in [0.717, 1.165) is 38.4 Å². The number of para-hydroxylation sites is 1. The highest BCUT2D eigenvalue weighted by Crippen LogP contribution is 2.16. The molecule has 0 saturated carbocycles. The van der Waals surface area contributed by atoms with Crippen LogP contribution >= 0.6 is 11.8 Å². The van der Waals surface area contributed by atoms with Crippen LogP contribution in [0.4, 0.5) is 5.69 Å². The van der Waals surface area contributed by atoms with Crippen LogP contribution in [-0.2, 0) is 4.79 Å². The van der Waals surface area contributed by atoms with E-state index in [2.05, 4.69) is 17.0 Å². The zero-order valence-corrected chi connectivity index (χ0v) is 12.8. The largest absolute Gasteiger partial charge is 0.368 e. The molecule has 4 nitrogen and oxygen atoms in total. The van der Waals surface area contributed by atoms with Crippen LogP contribution in [0.25, 0.3) is 0 Å². The molecule has 20 heavy (non-hydrogen) atoms. The number of nitrogens with zero attached hydrogens (tertiary/aromatic N) is 2. The lowest BCUT2D eigenvalue weighted by molar-refractivity contribution is -0.132. The number of carbonyl (C=O) groups is 1. The van der Waals surface area contributed by atoms with Gasteiger partial charge < -0.3 is 15.5 Å². The molecule has 0 aliphatic carbocycles. The Bertz CT molecular complexity index is 418. The standard InChI is InChI=1S/C15H23N3OS/c1-20-12-7-14(16)15(19)18-10-8-17(9-11-18)13-5-3-2-4-6-13/h2-6,14H,7-12,16H2,1H3/t14-/m1/s1. The summed E-state index contributed by atoms with van der Waals surface area (Å²) in [5.74, 6) is 1.04. The second-order valence-electron chi connectivity index (χ2n) is 5.04. The minimum Gasteiger partial charge on any atom is -0.368 e. The van der Waals surface area contributed by atoms with Gasteiger partial charge in [-0.3, -0.25) is 4.79 Å². The Hall–Kier alpha value is -1.20. The number of thioether (sulfide) groups is 1. The van der Waals surface area contributed by atoms with Gasteiger partial charge in [0.2, 0.25) is 5.91 Å². The Balaban J connectivity index is 1.83. The SMILES string of the molecule is CSCC[C@@H](N)C(=O)N1CCN(c2ccccc2)CC1. The van der Waals surface area contributed by atoms with Crippen molar-refractivity contribution in [3.05, 3.63) is 30.3 Å². The monoisotopic (exact) mass is 293 g/mol. The summed E-state index contributed by atoms with van der Waals surface area (Å²) in [5.41, 5.74) is 7.19. The molecule has 1 heterocycles. The molecule has 5 heteroatoms. The Kier molecular flexibility index (Phi) is 5.73. The Morgan fingerprint density at radius 1 is 1.25 bits per heavy atom. The average molecular weight is 293 g/mol. The van der Waals surface area contributed by atoms with Gasteiger partial charge in [0.05, 0.1) is 6.04 Å². The second-order valence-corrected chi connectivity index (χ2v) is 6.02. The fourth-order valence-corrected chi connectivity index (χ4v) is 2.92. The van der Waals surface area contributed by atoms with E-state index < -0.39 is 0 Å². The van der Waals surface area contributed by atoms with Gasteiger partial charge in [-0.05, 0) is 30.6 Å². The summed E-state index contributed by atoms with van der Waals surface area (Å²) < 4.78 is 0. The maximum atomic E-state index is 12.2. The number of rotatable bonds is 5. The van der Waals surface area contributed by atoms with Gasteiger partial charge in [0.1, 0.15) is 0 Å². The van der Waals surface area contributed by atoms with Crippen LogP contribution in [-0.4, -0.2) is 55.0 Å². The lowest BCUT2D eigenvalue weighted by Crippen LogP contribution is -2.53. The van der Waals surface area contributed by atoms with Crippen molar-refractivity contribution in [3.8, 4) is 0 Å². The summed E-state index contributed by atoms with van der Waals surface area (Å²) in [6.07, 6.45) is 2.80. The van der Waals surface area contributed by atoms with Crippen LogP contribution in [0, 0.1) is 0 Å². The molecule has 110 valence electrons. The number of anilines is 1. The number of hydrogen-bond donors (Lipinski definition) is 1. The normalized spacial score (nSPS) is 17.1. The van der Waals surface area contributed by atoms with E-state index in [9.17, 15) is 4.79 Å². The van der Waals surface area contributed by atoms with Crippen LogP contribution in [0.3, 0.4) is 0 Å². The molecule has 1 aromatic carbocycles. The number of amides is 1. The number of carbonyl (C=O) groups excluding carboxylic acids is 1. The summed E-state index contributed by atoms with van der Waals surface area (Å²) >= 11 is 1.73. The first-order valence-corrected chi connectivity index (χ1v) is 8.45. The maximum Gasteiger partial charge on any atom is 0.239 e. The van der Waals surface area contributed by atoms with Gasteiger partial charge in [-0.25, -0.2) is 0 Å². The van der Waals surface area contributed by atoms with Crippen molar-refractivity contribution in [2.75, 3.05) is 43.1 Å². The van der Waals surface area contributed by atoms with Crippen molar-refractivity contribution in [1.29, 1.82) is 0 Å². The van der Waals surface area contributed by atoms with E-state index in [1.807, 2.05) is 29.4 Å². The zero-order chi connectivity index (χ0) is 14.4. The van der Waals surface area contributed by atoms with E-state index in [1.54, 1.807) is 11.8 Å². The predicted octanol–water partition coefficient (Wildman–Crippen LogP) is 1.42.